The van der Waals surface area contributed by atoms with E-state index in [2.05, 4.69) is 51.5 Å². The summed E-state index contributed by atoms with van der Waals surface area (Å²) in [5.74, 6) is 0.779. The molecular weight excluding hydrogens is 384 g/mol. The third kappa shape index (κ3) is 5.59. The van der Waals surface area contributed by atoms with Gasteiger partial charge in [0.05, 0.1) is 12.7 Å². The van der Waals surface area contributed by atoms with Crippen molar-refractivity contribution in [3.8, 4) is 0 Å². The number of aromatic nitrogens is 3. The van der Waals surface area contributed by atoms with Crippen molar-refractivity contribution in [1.29, 1.82) is 0 Å². The number of ether oxygens (including phenoxy) is 1. The van der Waals surface area contributed by atoms with Gasteiger partial charge in [0.15, 0.2) is 5.16 Å². The van der Waals surface area contributed by atoms with Gasteiger partial charge in [0, 0.05) is 31.9 Å². The Hall–Kier alpha value is -2.35. The maximum atomic E-state index is 12.2. The Balaban J connectivity index is 1.31. The molecule has 2 heterocycles. The lowest BCUT2D eigenvalue weighted by Crippen LogP contribution is -2.43. The molecular formula is C22H26N4O2S. The molecule has 7 heteroatoms. The van der Waals surface area contributed by atoms with Crippen LogP contribution in [0.15, 0.2) is 70.6 Å². The van der Waals surface area contributed by atoms with E-state index in [1.807, 2.05) is 24.3 Å². The molecule has 0 saturated carbocycles. The van der Waals surface area contributed by atoms with E-state index < -0.39 is 0 Å². The highest BCUT2D eigenvalue weighted by Crippen LogP contribution is 2.19. The van der Waals surface area contributed by atoms with Crippen LogP contribution in [0.5, 0.6) is 0 Å². The summed E-state index contributed by atoms with van der Waals surface area (Å²) in [5, 5.41) is 7.54. The number of thioether (sulfide) groups is 1. The van der Waals surface area contributed by atoms with E-state index in [9.17, 15) is 4.79 Å². The van der Waals surface area contributed by atoms with E-state index >= 15 is 0 Å². The predicted octanol–water partition coefficient (Wildman–Crippen LogP) is 2.81. The molecule has 0 spiro atoms. The molecule has 1 aromatic heterocycles. The first kappa shape index (κ1) is 19.9. The highest BCUT2D eigenvalue weighted by molar-refractivity contribution is 7.99. The summed E-state index contributed by atoms with van der Waals surface area (Å²) >= 11 is 1.59. The van der Waals surface area contributed by atoms with E-state index in [0.29, 0.717) is 6.54 Å². The Kier molecular flexibility index (Phi) is 6.82. The van der Waals surface area contributed by atoms with Crippen molar-refractivity contribution in [2.75, 3.05) is 25.4 Å². The molecule has 1 aliphatic heterocycles. The molecule has 1 atom stereocenters. The van der Waals surface area contributed by atoms with Crippen molar-refractivity contribution in [1.82, 2.24) is 19.7 Å². The Bertz CT molecular complexity index is 942. The molecule has 0 aliphatic carbocycles. The normalized spacial score (nSPS) is 17.4. The number of hydrogen-bond donors (Lipinski definition) is 1. The zero-order valence-corrected chi connectivity index (χ0v) is 17.2. The molecule has 0 radical (unpaired) electrons. The summed E-state index contributed by atoms with van der Waals surface area (Å²) in [6.45, 7) is 4.13. The van der Waals surface area contributed by atoms with Crippen molar-refractivity contribution in [2.24, 2.45) is 0 Å². The zero-order chi connectivity index (χ0) is 19.9. The van der Waals surface area contributed by atoms with Crippen LogP contribution in [0, 0.1) is 0 Å². The predicted molar refractivity (Wildman–Crippen MR) is 115 cm³/mol. The van der Waals surface area contributed by atoms with Crippen LogP contribution in [-0.2, 0) is 24.2 Å². The SMILES string of the molecule is O=c1[nH]nc(SCC2CN(Cc3ccccc3)CCO2)n1CCc1ccccc1. The van der Waals surface area contributed by atoms with Crippen molar-refractivity contribution in [3.05, 3.63) is 82.3 Å². The molecule has 1 saturated heterocycles. The minimum absolute atomic E-state index is 0.131. The molecule has 6 nitrogen and oxygen atoms in total. The summed E-state index contributed by atoms with van der Waals surface area (Å²) in [5.41, 5.74) is 2.38. The van der Waals surface area contributed by atoms with Crippen LogP contribution >= 0.6 is 11.8 Å². The van der Waals surface area contributed by atoms with Crippen LogP contribution in [0.25, 0.3) is 0 Å². The molecule has 1 fully saturated rings. The fourth-order valence-electron chi connectivity index (χ4n) is 3.53. The Morgan fingerprint density at radius 2 is 1.79 bits per heavy atom. The summed E-state index contributed by atoms with van der Waals surface area (Å²) in [4.78, 5) is 14.6. The Labute approximate surface area is 174 Å². The molecule has 2 aromatic carbocycles. The van der Waals surface area contributed by atoms with Gasteiger partial charge in [-0.2, -0.15) is 0 Å². The van der Waals surface area contributed by atoms with E-state index in [-0.39, 0.29) is 11.8 Å². The molecule has 3 aromatic rings. The highest BCUT2D eigenvalue weighted by atomic mass is 32.2. The number of nitrogens with zero attached hydrogens (tertiary/aromatic N) is 3. The number of H-pyrrole nitrogens is 1. The summed E-state index contributed by atoms with van der Waals surface area (Å²) < 4.78 is 7.68. The van der Waals surface area contributed by atoms with Gasteiger partial charge in [0.1, 0.15) is 0 Å². The molecule has 0 bridgehead atoms. The summed E-state index contributed by atoms with van der Waals surface area (Å²) in [6.07, 6.45) is 0.936. The smallest absolute Gasteiger partial charge is 0.343 e. The quantitative estimate of drug-likeness (QED) is 0.579. The lowest BCUT2D eigenvalue weighted by atomic mass is 10.1. The standard InChI is InChI=1S/C22H26N4O2S/c27-21-23-24-22(26(21)12-11-18-7-3-1-4-8-18)29-17-20-16-25(13-14-28-20)15-19-9-5-2-6-10-19/h1-10,20H,11-17H2,(H,23,27). The van der Waals surface area contributed by atoms with Crippen molar-refractivity contribution < 1.29 is 4.74 Å². The molecule has 152 valence electrons. The molecule has 1 aliphatic rings. The second kappa shape index (κ2) is 9.91. The van der Waals surface area contributed by atoms with Crippen LogP contribution < -0.4 is 5.69 Å². The van der Waals surface area contributed by atoms with Crippen LogP contribution in [0.4, 0.5) is 0 Å². The van der Waals surface area contributed by atoms with E-state index in [1.54, 1.807) is 16.3 Å². The average Bonchev–Trinajstić information content (AvgIpc) is 3.12. The van der Waals surface area contributed by atoms with Gasteiger partial charge < -0.3 is 4.74 Å². The van der Waals surface area contributed by atoms with Gasteiger partial charge in [0.25, 0.3) is 0 Å². The second-order valence-corrected chi connectivity index (χ2v) is 8.21. The van der Waals surface area contributed by atoms with E-state index in [1.165, 1.54) is 11.1 Å². The first-order valence-corrected chi connectivity index (χ1v) is 11.0. The number of nitrogens with one attached hydrogen (secondary N) is 1. The number of benzene rings is 2. The molecule has 4 rings (SSSR count). The molecule has 1 unspecified atom stereocenters. The largest absolute Gasteiger partial charge is 0.375 e. The Morgan fingerprint density at radius 3 is 2.55 bits per heavy atom. The van der Waals surface area contributed by atoms with Gasteiger partial charge in [-0.25, -0.2) is 9.89 Å². The minimum atomic E-state index is -0.154. The number of aryl methyl sites for hydroxylation is 1. The van der Waals surface area contributed by atoms with Gasteiger partial charge in [-0.05, 0) is 17.5 Å². The summed E-state index contributed by atoms with van der Waals surface area (Å²) in [6, 6.07) is 20.7. The molecule has 29 heavy (non-hydrogen) atoms. The highest BCUT2D eigenvalue weighted by Gasteiger charge is 2.22. The topological polar surface area (TPSA) is 63.1 Å². The van der Waals surface area contributed by atoms with E-state index in [0.717, 1.165) is 43.6 Å². The van der Waals surface area contributed by atoms with Crippen molar-refractivity contribution in [2.45, 2.75) is 30.8 Å². The minimum Gasteiger partial charge on any atom is -0.375 e. The lowest BCUT2D eigenvalue weighted by molar-refractivity contribution is -0.0187. The van der Waals surface area contributed by atoms with Gasteiger partial charge in [0.2, 0.25) is 0 Å². The zero-order valence-electron chi connectivity index (χ0n) is 16.4. The van der Waals surface area contributed by atoms with Gasteiger partial charge in [-0.15, -0.1) is 5.10 Å². The number of hydrogen-bond acceptors (Lipinski definition) is 5. The number of rotatable bonds is 8. The third-order valence-corrected chi connectivity index (χ3v) is 6.17. The third-order valence-electron chi connectivity index (χ3n) is 5.06. The Morgan fingerprint density at radius 1 is 1.07 bits per heavy atom. The number of morpholine rings is 1. The van der Waals surface area contributed by atoms with Crippen LogP contribution in [0.3, 0.4) is 0 Å². The van der Waals surface area contributed by atoms with E-state index in [4.69, 9.17) is 4.74 Å². The molecule has 0 amide bonds. The molecule has 1 N–H and O–H groups in total. The van der Waals surface area contributed by atoms with Gasteiger partial charge >= 0.3 is 5.69 Å². The second-order valence-electron chi connectivity index (χ2n) is 7.22. The van der Waals surface area contributed by atoms with Gasteiger partial charge in [-0.3, -0.25) is 9.47 Å². The number of aromatic amines is 1. The maximum absolute atomic E-state index is 12.2. The fourth-order valence-corrected chi connectivity index (χ4v) is 4.51. The van der Waals surface area contributed by atoms with Gasteiger partial charge in [-0.1, -0.05) is 72.4 Å². The summed E-state index contributed by atoms with van der Waals surface area (Å²) in [7, 11) is 0. The van der Waals surface area contributed by atoms with Crippen molar-refractivity contribution >= 4 is 11.8 Å². The fraction of sp³-hybridized carbons (Fsp3) is 0.364. The average molecular weight is 411 g/mol. The van der Waals surface area contributed by atoms with Crippen LogP contribution in [0.1, 0.15) is 11.1 Å². The van der Waals surface area contributed by atoms with Crippen molar-refractivity contribution in [3.63, 3.8) is 0 Å². The van der Waals surface area contributed by atoms with Crippen LogP contribution in [0.2, 0.25) is 0 Å². The monoisotopic (exact) mass is 410 g/mol. The first-order valence-electron chi connectivity index (χ1n) is 9.98. The van der Waals surface area contributed by atoms with Crippen LogP contribution in [-0.4, -0.2) is 51.2 Å². The maximum Gasteiger partial charge on any atom is 0.343 e. The lowest BCUT2D eigenvalue weighted by Gasteiger charge is -2.32. The first-order chi connectivity index (χ1) is 14.3.